The smallest absolute Gasteiger partial charge is 0.162 e. The van der Waals surface area contributed by atoms with Crippen molar-refractivity contribution in [1.82, 2.24) is 9.97 Å². The molecule has 21 heavy (non-hydrogen) atoms. The van der Waals surface area contributed by atoms with E-state index in [4.69, 9.17) is 5.73 Å². The van der Waals surface area contributed by atoms with Crippen LogP contribution in [0.2, 0.25) is 0 Å². The number of nitrogens with zero attached hydrogens (tertiary/aromatic N) is 2. The van der Waals surface area contributed by atoms with Gasteiger partial charge in [0.25, 0.3) is 0 Å². The van der Waals surface area contributed by atoms with Gasteiger partial charge in [-0.15, -0.1) is 0 Å². The molecule has 0 saturated heterocycles. The minimum Gasteiger partial charge on any atom is -0.384 e. The average Bonchev–Trinajstić information content (AvgIpc) is 2.50. The molecule has 104 valence electrons. The number of hydrogen-bond donors (Lipinski definition) is 1. The summed E-state index contributed by atoms with van der Waals surface area (Å²) in [6, 6.07) is 17.8. The molecule has 0 atom stereocenters. The summed E-state index contributed by atoms with van der Waals surface area (Å²) in [5.74, 6) is 1.11. The van der Waals surface area contributed by atoms with Crippen LogP contribution >= 0.6 is 15.9 Å². The van der Waals surface area contributed by atoms with Gasteiger partial charge in [-0.3, -0.25) is 0 Å². The maximum absolute atomic E-state index is 5.94. The zero-order valence-corrected chi connectivity index (χ0v) is 13.1. The molecule has 4 heteroatoms. The van der Waals surface area contributed by atoms with Gasteiger partial charge in [-0.1, -0.05) is 52.3 Å². The Hall–Kier alpha value is -2.20. The van der Waals surface area contributed by atoms with Crippen molar-refractivity contribution in [3.8, 4) is 22.6 Å². The van der Waals surface area contributed by atoms with Crippen molar-refractivity contribution in [3.63, 3.8) is 0 Å². The predicted octanol–water partition coefficient (Wildman–Crippen LogP) is 4.46. The number of benzene rings is 2. The van der Waals surface area contributed by atoms with E-state index in [2.05, 4.69) is 25.9 Å². The van der Waals surface area contributed by atoms with Gasteiger partial charge in [0.2, 0.25) is 0 Å². The van der Waals surface area contributed by atoms with E-state index >= 15 is 0 Å². The van der Waals surface area contributed by atoms with Crippen LogP contribution in [0.15, 0.2) is 59.1 Å². The molecule has 2 aromatic carbocycles. The lowest BCUT2D eigenvalue weighted by Crippen LogP contribution is -1.98. The zero-order chi connectivity index (χ0) is 14.8. The number of halogens is 1. The van der Waals surface area contributed by atoms with E-state index in [0.29, 0.717) is 11.6 Å². The highest BCUT2D eigenvalue weighted by Gasteiger charge is 2.08. The molecule has 0 aliphatic heterocycles. The Morgan fingerprint density at radius 3 is 2.38 bits per heavy atom. The van der Waals surface area contributed by atoms with E-state index in [0.717, 1.165) is 26.9 Å². The molecular formula is C17H14BrN3. The summed E-state index contributed by atoms with van der Waals surface area (Å²) >= 11 is 3.50. The Bertz CT molecular complexity index is 785. The van der Waals surface area contributed by atoms with Crippen LogP contribution in [0.4, 0.5) is 5.82 Å². The molecule has 0 fully saturated rings. The first-order valence-corrected chi connectivity index (χ1v) is 7.39. The lowest BCUT2D eigenvalue weighted by molar-refractivity contribution is 1.18. The molecule has 1 aromatic heterocycles. The topological polar surface area (TPSA) is 51.8 Å². The fourth-order valence-electron chi connectivity index (χ4n) is 2.14. The Kier molecular flexibility index (Phi) is 3.71. The van der Waals surface area contributed by atoms with Crippen molar-refractivity contribution in [2.45, 2.75) is 6.92 Å². The SMILES string of the molecule is Cc1cc(-c2nc(N)cc(-c3ccccc3)n2)ccc1Br. The van der Waals surface area contributed by atoms with Gasteiger partial charge < -0.3 is 5.73 Å². The molecular weight excluding hydrogens is 326 g/mol. The summed E-state index contributed by atoms with van der Waals surface area (Å²) in [6.45, 7) is 2.04. The second kappa shape index (κ2) is 5.66. The van der Waals surface area contributed by atoms with Gasteiger partial charge in [0.1, 0.15) is 5.82 Å². The quantitative estimate of drug-likeness (QED) is 0.749. The number of aryl methyl sites for hydroxylation is 1. The van der Waals surface area contributed by atoms with Gasteiger partial charge in [0.05, 0.1) is 5.69 Å². The number of nitrogen functional groups attached to an aromatic ring is 1. The lowest BCUT2D eigenvalue weighted by Gasteiger charge is -2.07. The molecule has 3 aromatic rings. The van der Waals surface area contributed by atoms with Crippen LogP contribution in [0.1, 0.15) is 5.56 Å². The molecule has 1 heterocycles. The second-order valence-corrected chi connectivity index (χ2v) is 5.69. The van der Waals surface area contributed by atoms with Gasteiger partial charge in [0.15, 0.2) is 5.82 Å². The number of nitrogens with two attached hydrogens (primary N) is 1. The Labute approximate surface area is 132 Å². The summed E-state index contributed by atoms with van der Waals surface area (Å²) in [5, 5.41) is 0. The van der Waals surface area contributed by atoms with E-state index in [1.807, 2.05) is 55.5 Å². The molecule has 0 radical (unpaired) electrons. The van der Waals surface area contributed by atoms with Gasteiger partial charge in [-0.25, -0.2) is 9.97 Å². The second-order valence-electron chi connectivity index (χ2n) is 4.83. The maximum atomic E-state index is 5.94. The van der Waals surface area contributed by atoms with E-state index < -0.39 is 0 Å². The van der Waals surface area contributed by atoms with Crippen LogP contribution in [0.5, 0.6) is 0 Å². The Balaban J connectivity index is 2.11. The first-order valence-electron chi connectivity index (χ1n) is 6.60. The molecule has 0 amide bonds. The summed E-state index contributed by atoms with van der Waals surface area (Å²) in [7, 11) is 0. The molecule has 2 N–H and O–H groups in total. The molecule has 3 rings (SSSR count). The third-order valence-electron chi connectivity index (χ3n) is 3.23. The molecule has 0 saturated carbocycles. The number of aromatic nitrogens is 2. The fraction of sp³-hybridized carbons (Fsp3) is 0.0588. The van der Waals surface area contributed by atoms with Gasteiger partial charge in [-0.05, 0) is 24.6 Å². The van der Waals surface area contributed by atoms with Gasteiger partial charge in [0, 0.05) is 21.7 Å². The number of anilines is 1. The minimum atomic E-state index is 0.472. The zero-order valence-electron chi connectivity index (χ0n) is 11.5. The summed E-state index contributed by atoms with van der Waals surface area (Å²) in [4.78, 5) is 8.99. The summed E-state index contributed by atoms with van der Waals surface area (Å²) in [6.07, 6.45) is 0. The van der Waals surface area contributed by atoms with Crippen molar-refractivity contribution in [3.05, 3.63) is 64.6 Å². The monoisotopic (exact) mass is 339 g/mol. The molecule has 0 bridgehead atoms. The van der Waals surface area contributed by atoms with Crippen LogP contribution in [0.25, 0.3) is 22.6 Å². The van der Waals surface area contributed by atoms with E-state index in [1.165, 1.54) is 0 Å². The van der Waals surface area contributed by atoms with Crippen LogP contribution in [-0.4, -0.2) is 9.97 Å². The Morgan fingerprint density at radius 2 is 1.67 bits per heavy atom. The molecule has 0 spiro atoms. The van der Waals surface area contributed by atoms with Crippen LogP contribution in [0.3, 0.4) is 0 Å². The van der Waals surface area contributed by atoms with E-state index in [1.54, 1.807) is 6.07 Å². The first kappa shape index (κ1) is 13.8. The molecule has 3 nitrogen and oxygen atoms in total. The Morgan fingerprint density at radius 1 is 0.905 bits per heavy atom. The lowest BCUT2D eigenvalue weighted by atomic mass is 10.1. The van der Waals surface area contributed by atoms with Crippen molar-refractivity contribution >= 4 is 21.7 Å². The molecule has 0 aliphatic carbocycles. The number of hydrogen-bond acceptors (Lipinski definition) is 3. The van der Waals surface area contributed by atoms with Crippen LogP contribution in [0, 0.1) is 6.92 Å². The van der Waals surface area contributed by atoms with E-state index in [9.17, 15) is 0 Å². The van der Waals surface area contributed by atoms with Crippen molar-refractivity contribution in [1.29, 1.82) is 0 Å². The average molecular weight is 340 g/mol. The highest BCUT2D eigenvalue weighted by Crippen LogP contribution is 2.26. The third-order valence-corrected chi connectivity index (χ3v) is 4.12. The van der Waals surface area contributed by atoms with Crippen LogP contribution in [-0.2, 0) is 0 Å². The number of rotatable bonds is 2. The van der Waals surface area contributed by atoms with Crippen molar-refractivity contribution < 1.29 is 0 Å². The van der Waals surface area contributed by atoms with Gasteiger partial charge >= 0.3 is 0 Å². The highest BCUT2D eigenvalue weighted by molar-refractivity contribution is 9.10. The summed E-state index contributed by atoms with van der Waals surface area (Å²) in [5.41, 5.74) is 9.90. The van der Waals surface area contributed by atoms with E-state index in [-0.39, 0.29) is 0 Å². The largest absolute Gasteiger partial charge is 0.384 e. The maximum Gasteiger partial charge on any atom is 0.162 e. The van der Waals surface area contributed by atoms with Gasteiger partial charge in [-0.2, -0.15) is 0 Å². The predicted molar refractivity (Wildman–Crippen MR) is 89.8 cm³/mol. The highest BCUT2D eigenvalue weighted by atomic mass is 79.9. The normalized spacial score (nSPS) is 10.6. The van der Waals surface area contributed by atoms with Crippen molar-refractivity contribution in [2.75, 3.05) is 5.73 Å². The van der Waals surface area contributed by atoms with Crippen LogP contribution < -0.4 is 5.73 Å². The third kappa shape index (κ3) is 2.95. The molecule has 0 aliphatic rings. The van der Waals surface area contributed by atoms with Crippen molar-refractivity contribution in [2.24, 2.45) is 0 Å². The fourth-order valence-corrected chi connectivity index (χ4v) is 2.38. The molecule has 0 unspecified atom stereocenters. The minimum absolute atomic E-state index is 0.472. The summed E-state index contributed by atoms with van der Waals surface area (Å²) < 4.78 is 1.07. The first-order chi connectivity index (χ1) is 10.1. The standard InChI is InChI=1S/C17H14BrN3/c1-11-9-13(7-8-14(11)18)17-20-15(10-16(19)21-17)12-5-3-2-4-6-12/h2-10H,1H3,(H2,19,20,21).